The number of nitrogens with two attached hydrogens (primary N) is 1. The fraction of sp³-hybridized carbons (Fsp3) is 0.182. The maximum Gasteiger partial charge on any atom is 0.251 e. The number of ketones is 2. The summed E-state index contributed by atoms with van der Waals surface area (Å²) in [6, 6.07) is 1.18. The number of aromatic nitrogens is 1. The van der Waals surface area contributed by atoms with Gasteiger partial charge in [0.1, 0.15) is 0 Å². The first-order chi connectivity index (χ1) is 7.97. The maximum atomic E-state index is 12.0. The Balaban J connectivity index is 2.77. The molecule has 0 amide bonds. The molecule has 0 aliphatic heterocycles. The second-order valence-electron chi connectivity index (χ2n) is 3.66. The van der Waals surface area contributed by atoms with Gasteiger partial charge in [0, 0.05) is 24.9 Å². The summed E-state index contributed by atoms with van der Waals surface area (Å²) in [7, 11) is 1.52. The molecular formula is C11H10N2O3S. The van der Waals surface area contributed by atoms with Gasteiger partial charge in [-0.3, -0.25) is 14.4 Å². The second kappa shape index (κ2) is 3.89. The van der Waals surface area contributed by atoms with Crippen molar-refractivity contribution < 1.29 is 9.59 Å². The summed E-state index contributed by atoms with van der Waals surface area (Å²) in [6.45, 7) is 0. The summed E-state index contributed by atoms with van der Waals surface area (Å²) in [5.74, 6) is -0.762. The molecule has 5 nitrogen and oxygen atoms in total. The largest absolute Gasteiger partial charge is 0.395 e. The van der Waals surface area contributed by atoms with Crippen LogP contribution in [0.4, 0.5) is 0 Å². The van der Waals surface area contributed by atoms with Crippen molar-refractivity contribution in [2.24, 2.45) is 12.8 Å². The molecule has 6 heteroatoms. The molecule has 0 unspecified atom stereocenters. The van der Waals surface area contributed by atoms with Crippen LogP contribution in [0.3, 0.4) is 0 Å². The van der Waals surface area contributed by atoms with Gasteiger partial charge in [-0.2, -0.15) is 0 Å². The van der Waals surface area contributed by atoms with Crippen molar-refractivity contribution >= 4 is 23.3 Å². The van der Waals surface area contributed by atoms with Gasteiger partial charge in [0.25, 0.3) is 5.56 Å². The zero-order chi connectivity index (χ0) is 12.7. The number of fused-ring (bicyclic) bond motifs is 1. The van der Waals surface area contributed by atoms with E-state index in [1.54, 1.807) is 6.26 Å². The third-order valence-electron chi connectivity index (χ3n) is 2.62. The van der Waals surface area contributed by atoms with Gasteiger partial charge in [-0.25, -0.2) is 0 Å². The lowest BCUT2D eigenvalue weighted by molar-refractivity contribution is 0.0979. The van der Waals surface area contributed by atoms with Gasteiger partial charge in [-0.15, -0.1) is 11.8 Å². The van der Waals surface area contributed by atoms with Gasteiger partial charge in [0.05, 0.1) is 16.2 Å². The van der Waals surface area contributed by atoms with Crippen LogP contribution in [-0.2, 0) is 7.05 Å². The van der Waals surface area contributed by atoms with E-state index in [0.717, 1.165) is 11.8 Å². The molecule has 0 saturated heterocycles. The van der Waals surface area contributed by atoms with Gasteiger partial charge in [0.15, 0.2) is 0 Å². The number of hydrogen-bond acceptors (Lipinski definition) is 5. The summed E-state index contributed by atoms with van der Waals surface area (Å²) in [6.07, 6.45) is 3.02. The molecule has 0 aromatic carbocycles. The summed E-state index contributed by atoms with van der Waals surface area (Å²) in [4.78, 5) is 35.6. The zero-order valence-corrected chi connectivity index (χ0v) is 10.1. The van der Waals surface area contributed by atoms with Crippen molar-refractivity contribution in [3.8, 4) is 0 Å². The number of Topliss-reactive ketones (excluding diaryl/α,β-unsaturated/α-hetero) is 2. The SMILES string of the molecule is CSC1=C(N)C(=O)c2cn(C)c(=O)cc2C1=O. The zero-order valence-electron chi connectivity index (χ0n) is 9.31. The Morgan fingerprint density at radius 2 is 1.82 bits per heavy atom. The molecule has 1 heterocycles. The highest BCUT2D eigenvalue weighted by Gasteiger charge is 2.31. The molecule has 2 rings (SSSR count). The first-order valence-corrected chi connectivity index (χ1v) is 6.03. The topological polar surface area (TPSA) is 82.2 Å². The van der Waals surface area contributed by atoms with Crippen LogP contribution in [0.5, 0.6) is 0 Å². The van der Waals surface area contributed by atoms with E-state index < -0.39 is 5.78 Å². The molecule has 0 fully saturated rings. The van der Waals surface area contributed by atoms with E-state index in [4.69, 9.17) is 5.73 Å². The minimum absolute atomic E-state index is 0.0475. The molecule has 2 N–H and O–H groups in total. The van der Waals surface area contributed by atoms with Gasteiger partial charge in [-0.05, 0) is 6.26 Å². The van der Waals surface area contributed by atoms with E-state index in [1.807, 2.05) is 0 Å². The molecule has 1 aliphatic rings. The average molecular weight is 250 g/mol. The Morgan fingerprint density at radius 3 is 2.41 bits per heavy atom. The quantitative estimate of drug-likeness (QED) is 0.775. The van der Waals surface area contributed by atoms with Crippen molar-refractivity contribution in [2.75, 3.05) is 6.26 Å². The lowest BCUT2D eigenvalue weighted by Crippen LogP contribution is -2.29. The van der Waals surface area contributed by atoms with E-state index in [1.165, 1.54) is 23.9 Å². The fourth-order valence-corrected chi connectivity index (χ4v) is 2.30. The molecular weight excluding hydrogens is 240 g/mol. The van der Waals surface area contributed by atoms with Crippen LogP contribution in [0.1, 0.15) is 20.7 Å². The summed E-state index contributed by atoms with van der Waals surface area (Å²) in [5, 5.41) is 0. The standard InChI is InChI=1S/C11H10N2O3S/c1-13-4-6-5(3-7(13)14)10(16)11(17-2)8(12)9(6)15/h3-4H,12H2,1-2H3. The van der Waals surface area contributed by atoms with Gasteiger partial charge in [0.2, 0.25) is 11.6 Å². The minimum atomic E-state index is -0.403. The summed E-state index contributed by atoms with van der Waals surface area (Å²) >= 11 is 1.11. The molecule has 0 bridgehead atoms. The molecule has 1 aromatic heterocycles. The number of carbonyl (C=O) groups is 2. The van der Waals surface area contributed by atoms with Crippen LogP contribution in [0.25, 0.3) is 0 Å². The fourth-order valence-electron chi connectivity index (χ4n) is 1.69. The number of thioether (sulfide) groups is 1. The predicted molar refractivity (Wildman–Crippen MR) is 65.1 cm³/mol. The highest BCUT2D eigenvalue weighted by Crippen LogP contribution is 2.28. The van der Waals surface area contributed by atoms with Crippen molar-refractivity contribution in [3.63, 3.8) is 0 Å². The van der Waals surface area contributed by atoms with Gasteiger partial charge in [-0.1, -0.05) is 0 Å². The lowest BCUT2D eigenvalue weighted by Gasteiger charge is -2.17. The molecule has 0 radical (unpaired) electrons. The molecule has 0 atom stereocenters. The van der Waals surface area contributed by atoms with Gasteiger partial charge >= 0.3 is 0 Å². The van der Waals surface area contributed by atoms with Crippen molar-refractivity contribution in [2.45, 2.75) is 0 Å². The molecule has 1 aromatic rings. The third-order valence-corrected chi connectivity index (χ3v) is 3.43. The Kier molecular flexibility index (Phi) is 2.66. The van der Waals surface area contributed by atoms with Crippen LogP contribution in [0.2, 0.25) is 0 Å². The van der Waals surface area contributed by atoms with Crippen LogP contribution < -0.4 is 11.3 Å². The molecule has 88 valence electrons. The number of aryl methyl sites for hydroxylation is 1. The maximum absolute atomic E-state index is 12.0. The third kappa shape index (κ3) is 1.61. The van der Waals surface area contributed by atoms with Crippen LogP contribution in [-0.4, -0.2) is 22.4 Å². The number of pyridine rings is 1. The predicted octanol–water partition coefficient (Wildman–Crippen LogP) is 0.298. The highest BCUT2D eigenvalue weighted by atomic mass is 32.2. The van der Waals surface area contributed by atoms with E-state index >= 15 is 0 Å². The second-order valence-corrected chi connectivity index (χ2v) is 4.47. The first-order valence-electron chi connectivity index (χ1n) is 4.81. The van der Waals surface area contributed by atoms with E-state index in [-0.39, 0.29) is 33.1 Å². The molecule has 17 heavy (non-hydrogen) atoms. The highest BCUT2D eigenvalue weighted by molar-refractivity contribution is 8.03. The Bertz CT molecular complexity index is 628. The van der Waals surface area contributed by atoms with Crippen molar-refractivity contribution in [1.29, 1.82) is 0 Å². The van der Waals surface area contributed by atoms with E-state index in [0.29, 0.717) is 0 Å². The van der Waals surface area contributed by atoms with Gasteiger partial charge < -0.3 is 10.3 Å². The van der Waals surface area contributed by atoms with Crippen molar-refractivity contribution in [1.82, 2.24) is 4.57 Å². The van der Waals surface area contributed by atoms with Crippen LogP contribution >= 0.6 is 11.8 Å². The summed E-state index contributed by atoms with van der Waals surface area (Å²) < 4.78 is 1.25. The van der Waals surface area contributed by atoms with Crippen LogP contribution in [0, 0.1) is 0 Å². The molecule has 1 aliphatic carbocycles. The Labute approximate surface area is 101 Å². The van der Waals surface area contributed by atoms with Crippen LogP contribution in [0.15, 0.2) is 27.7 Å². The van der Waals surface area contributed by atoms with Crippen molar-refractivity contribution in [3.05, 3.63) is 44.3 Å². The molecule has 0 saturated carbocycles. The first kappa shape index (κ1) is 11.7. The number of allylic oxidation sites excluding steroid dienone is 2. The number of rotatable bonds is 1. The Hall–Kier alpha value is -1.82. The number of carbonyl (C=O) groups excluding carboxylic acids is 2. The lowest BCUT2D eigenvalue weighted by atomic mass is 9.94. The summed E-state index contributed by atoms with van der Waals surface area (Å²) in [5.41, 5.74) is 5.58. The molecule has 0 spiro atoms. The average Bonchev–Trinajstić information content (AvgIpc) is 2.30. The van der Waals surface area contributed by atoms with E-state index in [9.17, 15) is 14.4 Å². The Morgan fingerprint density at radius 1 is 1.18 bits per heavy atom. The minimum Gasteiger partial charge on any atom is -0.395 e. The number of nitrogens with zero attached hydrogens (tertiary/aromatic N) is 1. The normalized spacial score (nSPS) is 15.2. The van der Waals surface area contributed by atoms with E-state index in [2.05, 4.69) is 0 Å². The smallest absolute Gasteiger partial charge is 0.251 e. The number of hydrogen-bond donors (Lipinski definition) is 1. The monoisotopic (exact) mass is 250 g/mol.